The van der Waals surface area contributed by atoms with Gasteiger partial charge in [-0.3, -0.25) is 0 Å². The quantitative estimate of drug-likeness (QED) is 0.279. The molecule has 0 fully saturated rings. The van der Waals surface area contributed by atoms with E-state index in [1.165, 1.54) is 0 Å². The number of thiocarbonyl (C=S) groups is 1. The molecule has 0 spiro atoms. The molecule has 9 heavy (non-hydrogen) atoms. The Morgan fingerprint density at radius 2 is 1.33 bits per heavy atom. The molecule has 0 aliphatic heterocycles. The summed E-state index contributed by atoms with van der Waals surface area (Å²) in [6, 6.07) is 0. The van der Waals surface area contributed by atoms with Crippen molar-refractivity contribution in [1.29, 1.82) is 0 Å². The molecule has 0 atom stereocenters. The van der Waals surface area contributed by atoms with E-state index in [4.69, 9.17) is 5.73 Å². The third-order valence-corrected chi connectivity index (χ3v) is 0. The monoisotopic (exact) mass is 214 g/mol. The molecule has 0 saturated heterocycles. The summed E-state index contributed by atoms with van der Waals surface area (Å²) >= 11 is 7.65. The zero-order valence-electron chi connectivity index (χ0n) is 5.65. The van der Waals surface area contributed by atoms with Gasteiger partial charge in [-0.25, -0.2) is 0 Å². The molecule has 61 valence electrons. The second-order valence-corrected chi connectivity index (χ2v) is 1.56. The van der Waals surface area contributed by atoms with E-state index in [1.807, 2.05) is 0 Å². The average molecular weight is 215 g/mol. The second kappa shape index (κ2) is 37.3. The summed E-state index contributed by atoms with van der Waals surface area (Å²) in [5.41, 5.74) is 4.71. The van der Waals surface area contributed by atoms with Gasteiger partial charge in [0.05, 0.1) is 0 Å². The van der Waals surface area contributed by atoms with Crippen LogP contribution in [0.25, 0.3) is 0 Å². The van der Waals surface area contributed by atoms with Gasteiger partial charge in [-0.05, 0) is 0 Å². The van der Waals surface area contributed by atoms with Crippen molar-refractivity contribution in [2.75, 3.05) is 0 Å². The first-order valence-corrected chi connectivity index (χ1v) is 2.99. The molecule has 0 aliphatic rings. The summed E-state index contributed by atoms with van der Waals surface area (Å²) in [5.74, 6) is 0. The van der Waals surface area contributed by atoms with Crippen molar-refractivity contribution in [3.05, 3.63) is 13.8 Å². The fraction of sp³-hybridized carbons (Fsp3) is 0.400. The van der Waals surface area contributed by atoms with Gasteiger partial charge in [0.2, 0.25) is 0 Å². The fourth-order valence-electron chi connectivity index (χ4n) is 0. The van der Waals surface area contributed by atoms with Gasteiger partial charge < -0.3 is 19.6 Å². The van der Waals surface area contributed by atoms with Gasteiger partial charge in [-0.1, -0.05) is 12.2 Å². The van der Waals surface area contributed by atoms with Crippen LogP contribution in [0.4, 0.5) is 0 Å². The Kier molecular flexibility index (Phi) is 93.6. The summed E-state index contributed by atoms with van der Waals surface area (Å²) in [4.78, 5) is 0. The fourth-order valence-corrected chi connectivity index (χ4v) is 0. The molecule has 0 aromatic carbocycles. The van der Waals surface area contributed by atoms with Crippen molar-refractivity contribution in [2.24, 2.45) is 5.73 Å². The zero-order valence-corrected chi connectivity index (χ0v) is 8.30. The van der Waals surface area contributed by atoms with Gasteiger partial charge in [-0.15, -0.1) is 12.6 Å². The van der Waals surface area contributed by atoms with E-state index in [-0.39, 0.29) is 21.4 Å². The Balaban J connectivity index is -0.0000000221. The predicted molar refractivity (Wildman–Crippen MR) is 47.8 cm³/mol. The van der Waals surface area contributed by atoms with Gasteiger partial charge in [0.15, 0.2) is 0 Å². The third kappa shape index (κ3) is 694. The van der Waals surface area contributed by atoms with Gasteiger partial charge in [0, 0.05) is 0 Å². The molecule has 0 heterocycles. The molecule has 0 aromatic rings. The summed E-state index contributed by atoms with van der Waals surface area (Å²) in [6.07, 6.45) is 0. The van der Waals surface area contributed by atoms with Crippen molar-refractivity contribution in [3.8, 4) is 0 Å². The molecule has 0 aromatic heterocycles. The normalized spacial score (nSPS) is 4.11. The number of thiol groups is 1. The van der Waals surface area contributed by atoms with E-state index >= 15 is 0 Å². The first-order chi connectivity index (χ1) is 3.73. The van der Waals surface area contributed by atoms with Crippen molar-refractivity contribution in [2.45, 2.75) is 13.8 Å². The summed E-state index contributed by atoms with van der Waals surface area (Å²) in [7, 11) is 0. The van der Waals surface area contributed by atoms with Crippen molar-refractivity contribution in [3.63, 3.8) is 0 Å². The average Bonchev–Trinajstić information content (AvgIpc) is 1.75. The number of rotatable bonds is 0. The molecule has 1 radical (unpaired) electrons. The molecule has 0 rings (SSSR count). The predicted octanol–water partition coefficient (Wildman–Crippen LogP) is 1.84. The van der Waals surface area contributed by atoms with Crippen molar-refractivity contribution < 1.29 is 17.1 Å². The first-order valence-electron chi connectivity index (χ1n) is 2.13. The maximum atomic E-state index is 4.71. The standard InChI is InChI=1S/2C2H5.CH3NS2.Cu/c2*1-2;2-1(3)4;/h2*1H2,2H3;(H3,2,3,4);/q2*-1;;+2. The largest absolute Gasteiger partial charge is 2.00 e. The maximum absolute atomic E-state index is 4.71. The third-order valence-electron chi connectivity index (χ3n) is 0. The van der Waals surface area contributed by atoms with Crippen LogP contribution in [-0.4, -0.2) is 4.32 Å². The summed E-state index contributed by atoms with van der Waals surface area (Å²) in [5, 5.41) is 0. The first kappa shape index (κ1) is 22.6. The molecular weight excluding hydrogens is 202 g/mol. The van der Waals surface area contributed by atoms with Gasteiger partial charge in [-0.2, -0.15) is 13.8 Å². The zero-order chi connectivity index (χ0) is 7.58. The number of hydrogen-bond acceptors (Lipinski definition) is 1. The van der Waals surface area contributed by atoms with Crippen LogP contribution in [0.2, 0.25) is 0 Å². The van der Waals surface area contributed by atoms with Crippen LogP contribution < -0.4 is 5.73 Å². The minimum atomic E-state index is 0. The topological polar surface area (TPSA) is 26.0 Å². The van der Waals surface area contributed by atoms with Gasteiger partial charge in [0.1, 0.15) is 4.32 Å². The van der Waals surface area contributed by atoms with Crippen molar-refractivity contribution >= 4 is 29.2 Å². The van der Waals surface area contributed by atoms with Crippen LogP contribution in [0.1, 0.15) is 13.8 Å². The molecular formula is C5H13CuNS2. The number of nitrogens with two attached hydrogens (primary N) is 1. The van der Waals surface area contributed by atoms with E-state index in [0.29, 0.717) is 0 Å². The number of hydrogen-bond donors (Lipinski definition) is 2. The smallest absolute Gasteiger partial charge is 0.385 e. The molecule has 2 N–H and O–H groups in total. The second-order valence-electron chi connectivity index (χ2n) is 0.338. The van der Waals surface area contributed by atoms with E-state index in [2.05, 4.69) is 38.7 Å². The summed E-state index contributed by atoms with van der Waals surface area (Å²) < 4.78 is 0.194. The van der Waals surface area contributed by atoms with Crippen molar-refractivity contribution in [1.82, 2.24) is 0 Å². The summed E-state index contributed by atoms with van der Waals surface area (Å²) in [6.45, 7) is 10.0. The van der Waals surface area contributed by atoms with Crippen LogP contribution in [0.5, 0.6) is 0 Å². The van der Waals surface area contributed by atoms with Crippen LogP contribution in [-0.2, 0) is 17.1 Å². The van der Waals surface area contributed by atoms with E-state index in [0.717, 1.165) is 0 Å². The van der Waals surface area contributed by atoms with Crippen LogP contribution in [0.3, 0.4) is 0 Å². The van der Waals surface area contributed by atoms with Crippen LogP contribution in [0.15, 0.2) is 0 Å². The molecule has 0 amide bonds. The van der Waals surface area contributed by atoms with Gasteiger partial charge in [0.25, 0.3) is 0 Å². The van der Waals surface area contributed by atoms with Crippen LogP contribution >= 0.6 is 24.8 Å². The molecule has 0 bridgehead atoms. The Morgan fingerprint density at radius 3 is 1.33 bits per heavy atom. The minimum absolute atomic E-state index is 0. The van der Waals surface area contributed by atoms with E-state index in [1.54, 1.807) is 13.8 Å². The molecule has 0 aliphatic carbocycles. The Morgan fingerprint density at radius 1 is 1.33 bits per heavy atom. The molecule has 0 saturated carbocycles. The molecule has 0 unspecified atom stereocenters. The minimum Gasteiger partial charge on any atom is -0.385 e. The van der Waals surface area contributed by atoms with E-state index < -0.39 is 0 Å². The molecule has 1 nitrogen and oxygen atoms in total. The Hall–Kier alpha value is 0.759. The maximum Gasteiger partial charge on any atom is 2.00 e. The SMILES string of the molecule is NC(=S)S.[CH2-]C.[CH2-]C.[Cu+2]. The van der Waals surface area contributed by atoms with Gasteiger partial charge >= 0.3 is 17.1 Å². The molecule has 4 heteroatoms. The van der Waals surface area contributed by atoms with E-state index in [9.17, 15) is 0 Å². The Bertz CT molecular complexity index is 37.9. The Labute approximate surface area is 79.7 Å². The van der Waals surface area contributed by atoms with Crippen LogP contribution in [0, 0.1) is 13.8 Å².